The van der Waals surface area contributed by atoms with E-state index in [0.29, 0.717) is 28.7 Å². The third-order valence-electron chi connectivity index (χ3n) is 4.75. The summed E-state index contributed by atoms with van der Waals surface area (Å²) < 4.78 is 11.3. The molecule has 156 valence electrons. The van der Waals surface area contributed by atoms with Gasteiger partial charge in [-0.1, -0.05) is 37.6 Å². The molecule has 0 aliphatic carbocycles. The number of methoxy groups -OCH3 is 1. The normalized spacial score (nSPS) is 11.8. The molecule has 0 unspecified atom stereocenters. The highest BCUT2D eigenvalue weighted by molar-refractivity contribution is 6.30. The summed E-state index contributed by atoms with van der Waals surface area (Å²) >= 11 is 6.00. The van der Waals surface area contributed by atoms with Crippen molar-refractivity contribution in [2.45, 2.75) is 26.5 Å². The fourth-order valence-corrected chi connectivity index (χ4v) is 3.23. The molecule has 1 amide bonds. The average Bonchev–Trinajstić information content (AvgIpc) is 2.77. The second-order valence-electron chi connectivity index (χ2n) is 7.26. The summed E-state index contributed by atoms with van der Waals surface area (Å²) in [6, 6.07) is 16.3. The van der Waals surface area contributed by atoms with Gasteiger partial charge in [0.15, 0.2) is 11.5 Å². The van der Waals surface area contributed by atoms with Crippen LogP contribution in [0.2, 0.25) is 5.02 Å². The lowest BCUT2D eigenvalue weighted by molar-refractivity contribution is 0.0925. The molecule has 0 aliphatic heterocycles. The Labute approximate surface area is 182 Å². The second kappa shape index (κ2) is 10.1. The maximum absolute atomic E-state index is 13.0. The minimum Gasteiger partial charge on any atom is -0.493 e. The van der Waals surface area contributed by atoms with Crippen LogP contribution in [0.5, 0.6) is 11.5 Å². The number of nitrogens with zero attached hydrogens (tertiary/aromatic N) is 1. The van der Waals surface area contributed by atoms with Gasteiger partial charge in [0.25, 0.3) is 5.91 Å². The Morgan fingerprint density at radius 1 is 1.03 bits per heavy atom. The summed E-state index contributed by atoms with van der Waals surface area (Å²) in [6.07, 6.45) is 3.42. The van der Waals surface area contributed by atoms with E-state index in [1.165, 1.54) is 0 Å². The van der Waals surface area contributed by atoms with Gasteiger partial charge in [0.2, 0.25) is 0 Å². The van der Waals surface area contributed by atoms with E-state index in [4.69, 9.17) is 21.1 Å². The standard InChI is InChI=1S/C24H25ClN2O3/c1-16(2)23(18-4-7-20(25)8-5-18)27-24(28)19-6-9-21(29-3)22(14-19)30-15-17-10-12-26-13-11-17/h4-14,16,23H,15H2,1-3H3,(H,27,28)/t23-/m1/s1. The number of benzene rings is 2. The summed E-state index contributed by atoms with van der Waals surface area (Å²) in [5.74, 6) is 1.10. The van der Waals surface area contributed by atoms with Crippen molar-refractivity contribution in [2.75, 3.05) is 7.11 Å². The SMILES string of the molecule is COc1ccc(C(=O)N[C@@H](c2ccc(Cl)cc2)C(C)C)cc1OCc1ccncc1. The topological polar surface area (TPSA) is 60.5 Å². The molecular formula is C24H25ClN2O3. The number of rotatable bonds is 8. The minimum absolute atomic E-state index is 0.141. The number of hydrogen-bond donors (Lipinski definition) is 1. The van der Waals surface area contributed by atoms with Crippen LogP contribution in [-0.4, -0.2) is 18.0 Å². The number of ether oxygens (including phenoxy) is 2. The zero-order valence-electron chi connectivity index (χ0n) is 17.3. The van der Waals surface area contributed by atoms with Gasteiger partial charge in [-0.2, -0.15) is 0 Å². The molecule has 1 atom stereocenters. The van der Waals surface area contributed by atoms with Gasteiger partial charge in [0, 0.05) is 23.0 Å². The summed E-state index contributed by atoms with van der Waals surface area (Å²) in [5, 5.41) is 3.79. The lowest BCUT2D eigenvalue weighted by atomic mass is 9.95. The van der Waals surface area contributed by atoms with Gasteiger partial charge in [0.05, 0.1) is 13.2 Å². The van der Waals surface area contributed by atoms with E-state index in [1.807, 2.05) is 36.4 Å². The molecular weight excluding hydrogens is 400 g/mol. The number of hydrogen-bond acceptors (Lipinski definition) is 4. The zero-order valence-corrected chi connectivity index (χ0v) is 18.0. The Bertz CT molecular complexity index is 976. The first-order chi connectivity index (χ1) is 14.5. The summed E-state index contributed by atoms with van der Waals surface area (Å²) in [6.45, 7) is 4.48. The van der Waals surface area contributed by atoms with Crippen molar-refractivity contribution in [1.82, 2.24) is 10.3 Å². The van der Waals surface area contributed by atoms with Crippen molar-refractivity contribution in [2.24, 2.45) is 5.92 Å². The van der Waals surface area contributed by atoms with Crippen molar-refractivity contribution in [1.29, 1.82) is 0 Å². The van der Waals surface area contributed by atoms with E-state index >= 15 is 0 Å². The van der Waals surface area contributed by atoms with Crippen LogP contribution in [0, 0.1) is 5.92 Å². The van der Waals surface area contributed by atoms with Gasteiger partial charge in [-0.25, -0.2) is 0 Å². The van der Waals surface area contributed by atoms with E-state index in [2.05, 4.69) is 24.1 Å². The maximum atomic E-state index is 13.0. The Balaban J connectivity index is 1.78. The van der Waals surface area contributed by atoms with Gasteiger partial charge in [-0.05, 0) is 59.5 Å². The van der Waals surface area contributed by atoms with Gasteiger partial charge in [0.1, 0.15) is 6.61 Å². The molecule has 0 saturated heterocycles. The third-order valence-corrected chi connectivity index (χ3v) is 5.00. The van der Waals surface area contributed by atoms with Crippen molar-refractivity contribution in [3.63, 3.8) is 0 Å². The molecule has 1 N–H and O–H groups in total. The van der Waals surface area contributed by atoms with Gasteiger partial charge in [-0.3, -0.25) is 9.78 Å². The molecule has 0 bridgehead atoms. The van der Waals surface area contributed by atoms with Gasteiger partial charge in [-0.15, -0.1) is 0 Å². The van der Waals surface area contributed by atoms with Gasteiger partial charge >= 0.3 is 0 Å². The Hall–Kier alpha value is -3.05. The first-order valence-corrected chi connectivity index (χ1v) is 10.1. The smallest absolute Gasteiger partial charge is 0.251 e. The molecule has 1 heterocycles. The molecule has 5 nitrogen and oxygen atoms in total. The summed E-state index contributed by atoms with van der Waals surface area (Å²) in [7, 11) is 1.57. The first kappa shape index (κ1) is 21.7. The zero-order chi connectivity index (χ0) is 21.5. The second-order valence-corrected chi connectivity index (χ2v) is 7.69. The Morgan fingerprint density at radius 3 is 2.37 bits per heavy atom. The highest BCUT2D eigenvalue weighted by atomic mass is 35.5. The molecule has 0 saturated carbocycles. The van der Waals surface area contributed by atoms with Crippen LogP contribution in [0.3, 0.4) is 0 Å². The van der Waals surface area contributed by atoms with E-state index in [-0.39, 0.29) is 17.9 Å². The number of nitrogens with one attached hydrogen (secondary N) is 1. The van der Waals surface area contributed by atoms with Crippen LogP contribution in [0.25, 0.3) is 0 Å². The number of carbonyl (C=O) groups is 1. The van der Waals surface area contributed by atoms with Crippen LogP contribution < -0.4 is 14.8 Å². The fourth-order valence-electron chi connectivity index (χ4n) is 3.10. The molecule has 0 fully saturated rings. The van der Waals surface area contributed by atoms with Crippen molar-refractivity contribution in [3.05, 3.63) is 88.7 Å². The maximum Gasteiger partial charge on any atom is 0.251 e. The third kappa shape index (κ3) is 5.51. The fraction of sp³-hybridized carbons (Fsp3) is 0.250. The van der Waals surface area contributed by atoms with Crippen LogP contribution >= 0.6 is 11.6 Å². The average molecular weight is 425 g/mol. The molecule has 0 spiro atoms. The molecule has 2 aromatic carbocycles. The van der Waals surface area contributed by atoms with Crippen LogP contribution in [0.1, 0.15) is 41.4 Å². The number of halogens is 1. The van der Waals surface area contributed by atoms with Gasteiger partial charge < -0.3 is 14.8 Å². The van der Waals surface area contributed by atoms with E-state index < -0.39 is 0 Å². The van der Waals surface area contributed by atoms with Crippen molar-refractivity contribution >= 4 is 17.5 Å². The van der Waals surface area contributed by atoms with Crippen molar-refractivity contribution in [3.8, 4) is 11.5 Å². The lowest BCUT2D eigenvalue weighted by Gasteiger charge is -2.23. The molecule has 6 heteroatoms. The quantitative estimate of drug-likeness (QED) is 0.522. The summed E-state index contributed by atoms with van der Waals surface area (Å²) in [4.78, 5) is 17.0. The van der Waals surface area contributed by atoms with Crippen molar-refractivity contribution < 1.29 is 14.3 Å². The van der Waals surface area contributed by atoms with E-state index in [0.717, 1.165) is 11.1 Å². The highest BCUT2D eigenvalue weighted by Crippen LogP contribution is 2.30. The Kier molecular flexibility index (Phi) is 7.31. The minimum atomic E-state index is -0.180. The highest BCUT2D eigenvalue weighted by Gasteiger charge is 2.20. The predicted molar refractivity (Wildman–Crippen MR) is 118 cm³/mol. The van der Waals surface area contributed by atoms with E-state index in [9.17, 15) is 4.79 Å². The molecule has 0 aliphatic rings. The van der Waals surface area contributed by atoms with E-state index in [1.54, 1.807) is 37.7 Å². The number of pyridine rings is 1. The molecule has 3 aromatic rings. The first-order valence-electron chi connectivity index (χ1n) is 9.74. The lowest BCUT2D eigenvalue weighted by Crippen LogP contribution is -2.31. The Morgan fingerprint density at radius 2 is 1.73 bits per heavy atom. The predicted octanol–water partition coefficient (Wildman–Crippen LogP) is 5.45. The molecule has 30 heavy (non-hydrogen) atoms. The number of aromatic nitrogens is 1. The monoisotopic (exact) mass is 424 g/mol. The van der Waals surface area contributed by atoms with Crippen LogP contribution in [0.4, 0.5) is 0 Å². The van der Waals surface area contributed by atoms with Crippen LogP contribution in [0.15, 0.2) is 67.0 Å². The molecule has 1 aromatic heterocycles. The molecule has 3 rings (SSSR count). The molecule has 0 radical (unpaired) electrons. The van der Waals surface area contributed by atoms with Crippen LogP contribution in [-0.2, 0) is 6.61 Å². The number of amides is 1. The number of carbonyl (C=O) groups excluding carboxylic acids is 1. The summed E-state index contributed by atoms with van der Waals surface area (Å²) in [5.41, 5.74) is 2.48. The largest absolute Gasteiger partial charge is 0.493 e.